The Kier molecular flexibility index (Phi) is 6.55. The fraction of sp³-hybridized carbons (Fsp3) is 0.250. The summed E-state index contributed by atoms with van der Waals surface area (Å²) < 4.78 is 47.5. The van der Waals surface area contributed by atoms with Gasteiger partial charge in [0.25, 0.3) is 0 Å². The van der Waals surface area contributed by atoms with Crippen LogP contribution < -0.4 is 15.0 Å². The molecule has 1 aliphatic rings. The summed E-state index contributed by atoms with van der Waals surface area (Å²) in [4.78, 5) is 14.8. The van der Waals surface area contributed by atoms with Crippen LogP contribution in [0.5, 0.6) is 5.88 Å². The Labute approximate surface area is 209 Å². The standard InChI is InChI=1S/C24H20F3N9O/c25-24(26,27)20-11-18(3-1-16(20)12-28)35-7-5-19-21(14-35)30-15-31-23(19)33-17-2-4-22(29-13-17)37-10-9-36-8-6-32-34-36/h1-4,6,8,11,13,15H,5,7,9-10,14H2,(H,30,31,33). The average Bonchev–Trinajstić information content (AvgIpc) is 3.42. The maximum atomic E-state index is 13.4. The van der Waals surface area contributed by atoms with Gasteiger partial charge in [0.05, 0.1) is 54.1 Å². The van der Waals surface area contributed by atoms with Crippen LogP contribution in [0.15, 0.2) is 55.2 Å². The monoisotopic (exact) mass is 507 g/mol. The van der Waals surface area contributed by atoms with Gasteiger partial charge in [-0.1, -0.05) is 5.21 Å². The quantitative estimate of drug-likeness (QED) is 0.399. The highest BCUT2D eigenvalue weighted by Gasteiger charge is 2.34. The molecule has 188 valence electrons. The minimum atomic E-state index is -4.61. The molecular formula is C24H20F3N9O. The summed E-state index contributed by atoms with van der Waals surface area (Å²) in [5, 5.41) is 19.9. The van der Waals surface area contributed by atoms with E-state index >= 15 is 0 Å². The number of hydrogen-bond acceptors (Lipinski definition) is 9. The molecule has 1 aromatic carbocycles. The molecule has 0 radical (unpaired) electrons. The Morgan fingerprint density at radius 2 is 2.03 bits per heavy atom. The van der Waals surface area contributed by atoms with E-state index in [2.05, 4.69) is 30.6 Å². The molecule has 0 saturated carbocycles. The molecule has 0 aliphatic carbocycles. The summed E-state index contributed by atoms with van der Waals surface area (Å²) in [5.74, 6) is 1.08. The van der Waals surface area contributed by atoms with Crippen LogP contribution >= 0.6 is 0 Å². The molecule has 5 rings (SSSR count). The first kappa shape index (κ1) is 24.0. The highest BCUT2D eigenvalue weighted by molar-refractivity contribution is 5.62. The Hall–Kier alpha value is -4.73. The predicted molar refractivity (Wildman–Crippen MR) is 126 cm³/mol. The van der Waals surface area contributed by atoms with Crippen LogP contribution in [0.4, 0.5) is 30.4 Å². The van der Waals surface area contributed by atoms with Crippen molar-refractivity contribution in [3.63, 3.8) is 0 Å². The third kappa shape index (κ3) is 5.43. The summed E-state index contributed by atoms with van der Waals surface area (Å²) >= 11 is 0. The van der Waals surface area contributed by atoms with Crippen molar-refractivity contribution >= 4 is 17.2 Å². The van der Waals surface area contributed by atoms with Gasteiger partial charge in [0.15, 0.2) is 0 Å². The number of nitrogens with zero attached hydrogens (tertiary/aromatic N) is 8. The van der Waals surface area contributed by atoms with Crippen molar-refractivity contribution < 1.29 is 17.9 Å². The zero-order valence-corrected chi connectivity index (χ0v) is 19.4. The molecule has 0 fully saturated rings. The first-order chi connectivity index (χ1) is 17.9. The zero-order chi connectivity index (χ0) is 25.8. The van der Waals surface area contributed by atoms with Gasteiger partial charge >= 0.3 is 6.18 Å². The molecule has 13 heteroatoms. The third-order valence-electron chi connectivity index (χ3n) is 5.84. The minimum Gasteiger partial charge on any atom is -0.476 e. The Bertz CT molecular complexity index is 1420. The van der Waals surface area contributed by atoms with Gasteiger partial charge in [-0.3, -0.25) is 0 Å². The normalized spacial score (nSPS) is 13.1. The highest BCUT2D eigenvalue weighted by atomic mass is 19.4. The number of alkyl halides is 3. The maximum absolute atomic E-state index is 13.4. The van der Waals surface area contributed by atoms with Crippen molar-refractivity contribution in [1.82, 2.24) is 29.9 Å². The molecule has 10 nitrogen and oxygen atoms in total. The van der Waals surface area contributed by atoms with Gasteiger partial charge in [-0.2, -0.15) is 18.4 Å². The predicted octanol–water partition coefficient (Wildman–Crippen LogP) is 3.74. The molecule has 1 N–H and O–H groups in total. The van der Waals surface area contributed by atoms with E-state index in [1.54, 1.807) is 35.4 Å². The topological polar surface area (TPSA) is 118 Å². The molecule has 0 unspecified atom stereocenters. The lowest BCUT2D eigenvalue weighted by atomic mass is 10.0. The zero-order valence-electron chi connectivity index (χ0n) is 19.4. The van der Waals surface area contributed by atoms with Crippen molar-refractivity contribution in [1.29, 1.82) is 5.26 Å². The second kappa shape index (κ2) is 10.1. The van der Waals surface area contributed by atoms with E-state index in [0.717, 1.165) is 11.6 Å². The van der Waals surface area contributed by atoms with Crippen LogP contribution in [-0.2, 0) is 25.7 Å². The van der Waals surface area contributed by atoms with E-state index in [0.29, 0.717) is 61.4 Å². The number of aromatic nitrogens is 6. The SMILES string of the molecule is N#Cc1ccc(N2CCc3c(ncnc3Nc3ccc(OCCn4ccnn4)nc3)C2)cc1C(F)(F)F. The number of rotatable bonds is 7. The van der Waals surface area contributed by atoms with Crippen LogP contribution in [0.2, 0.25) is 0 Å². The van der Waals surface area contributed by atoms with E-state index in [1.165, 1.54) is 18.5 Å². The van der Waals surface area contributed by atoms with Gasteiger partial charge < -0.3 is 15.0 Å². The number of fused-ring (bicyclic) bond motifs is 1. The number of nitriles is 1. The van der Waals surface area contributed by atoms with Crippen molar-refractivity contribution in [3.8, 4) is 11.9 Å². The van der Waals surface area contributed by atoms with Crippen LogP contribution in [0.3, 0.4) is 0 Å². The van der Waals surface area contributed by atoms with E-state index in [9.17, 15) is 13.2 Å². The number of nitrogens with one attached hydrogen (secondary N) is 1. The summed E-state index contributed by atoms with van der Waals surface area (Å²) in [6.45, 7) is 1.72. The van der Waals surface area contributed by atoms with Gasteiger partial charge in [-0.15, -0.1) is 5.10 Å². The van der Waals surface area contributed by atoms with Crippen LogP contribution in [0.25, 0.3) is 0 Å². The van der Waals surface area contributed by atoms with Crippen molar-refractivity contribution in [2.45, 2.75) is 25.7 Å². The van der Waals surface area contributed by atoms with Crippen LogP contribution in [0, 0.1) is 11.3 Å². The second-order valence-corrected chi connectivity index (χ2v) is 8.18. The van der Waals surface area contributed by atoms with Gasteiger partial charge in [0.1, 0.15) is 18.8 Å². The van der Waals surface area contributed by atoms with Crippen LogP contribution in [0.1, 0.15) is 22.4 Å². The number of halogens is 3. The van der Waals surface area contributed by atoms with Gasteiger partial charge in [0.2, 0.25) is 5.88 Å². The van der Waals surface area contributed by atoms with Gasteiger partial charge in [0, 0.05) is 30.1 Å². The summed E-state index contributed by atoms with van der Waals surface area (Å²) in [7, 11) is 0. The van der Waals surface area contributed by atoms with E-state index < -0.39 is 17.3 Å². The first-order valence-corrected chi connectivity index (χ1v) is 11.3. The lowest BCUT2D eigenvalue weighted by Gasteiger charge is -2.31. The fourth-order valence-electron chi connectivity index (χ4n) is 4.02. The Morgan fingerprint density at radius 1 is 1.14 bits per heavy atom. The largest absolute Gasteiger partial charge is 0.476 e. The molecule has 0 saturated heterocycles. The lowest BCUT2D eigenvalue weighted by Crippen LogP contribution is -2.32. The van der Waals surface area contributed by atoms with Crippen molar-refractivity contribution in [3.05, 3.63) is 77.6 Å². The number of pyridine rings is 1. The third-order valence-corrected chi connectivity index (χ3v) is 5.84. The van der Waals surface area contributed by atoms with E-state index in [1.807, 2.05) is 11.0 Å². The molecule has 4 aromatic rings. The van der Waals surface area contributed by atoms with Crippen molar-refractivity contribution in [2.24, 2.45) is 0 Å². The van der Waals surface area contributed by atoms with Gasteiger partial charge in [-0.05, 0) is 30.7 Å². The van der Waals surface area contributed by atoms with E-state index in [4.69, 9.17) is 10.00 Å². The molecule has 0 bridgehead atoms. The number of anilines is 3. The van der Waals surface area contributed by atoms with Crippen LogP contribution in [-0.4, -0.2) is 43.1 Å². The molecule has 4 heterocycles. The Balaban J connectivity index is 1.26. The molecule has 0 amide bonds. The molecular weight excluding hydrogens is 487 g/mol. The van der Waals surface area contributed by atoms with E-state index in [-0.39, 0.29) is 0 Å². The minimum absolute atomic E-state index is 0.312. The fourth-order valence-corrected chi connectivity index (χ4v) is 4.02. The number of ether oxygens (including phenoxy) is 1. The van der Waals surface area contributed by atoms with Gasteiger partial charge in [-0.25, -0.2) is 19.6 Å². The molecule has 1 aliphatic heterocycles. The first-order valence-electron chi connectivity index (χ1n) is 11.3. The molecule has 0 atom stereocenters. The average molecular weight is 507 g/mol. The molecule has 0 spiro atoms. The summed E-state index contributed by atoms with van der Waals surface area (Å²) in [5.41, 5.74) is 1.34. The maximum Gasteiger partial charge on any atom is 0.417 e. The number of benzene rings is 1. The highest BCUT2D eigenvalue weighted by Crippen LogP contribution is 2.36. The number of hydrogen-bond donors (Lipinski definition) is 1. The summed E-state index contributed by atoms with van der Waals surface area (Å²) in [6, 6.07) is 8.92. The van der Waals surface area contributed by atoms with Crippen molar-refractivity contribution in [2.75, 3.05) is 23.4 Å². The second-order valence-electron chi connectivity index (χ2n) is 8.18. The molecule has 3 aromatic heterocycles. The molecule has 37 heavy (non-hydrogen) atoms. The smallest absolute Gasteiger partial charge is 0.417 e. The summed E-state index contributed by atoms with van der Waals surface area (Å²) in [6.07, 6.45) is 2.30. The Morgan fingerprint density at radius 3 is 2.76 bits per heavy atom. The lowest BCUT2D eigenvalue weighted by molar-refractivity contribution is -0.137.